The monoisotopic (exact) mass is 462 g/mol. The Balaban J connectivity index is -0.000000582. The normalized spacial score (nSPS) is 14.1. The Hall–Kier alpha value is -1.56. The molecule has 1 rings (SSSR count). The zero-order valence-electron chi connectivity index (χ0n) is 21.0. The van der Waals surface area contributed by atoms with Crippen molar-refractivity contribution in [3.63, 3.8) is 0 Å². The van der Waals surface area contributed by atoms with Gasteiger partial charge in [-0.05, 0) is 25.7 Å². The molecule has 0 spiro atoms. The molecule has 1 N–H and O–H groups in total. The van der Waals surface area contributed by atoms with Crippen LogP contribution in [0, 0.1) is 11.8 Å². The van der Waals surface area contributed by atoms with E-state index in [1.165, 1.54) is 43.4 Å². The highest BCUT2D eigenvalue weighted by Gasteiger charge is 2.22. The summed E-state index contributed by atoms with van der Waals surface area (Å²) in [5.74, 6) is 0.360. The maximum Gasteiger partial charge on any atom is 0.333 e. The van der Waals surface area contributed by atoms with E-state index in [0.29, 0.717) is 18.6 Å². The van der Waals surface area contributed by atoms with Gasteiger partial charge in [-0.25, -0.2) is 4.79 Å². The molecule has 0 radical (unpaired) electrons. The summed E-state index contributed by atoms with van der Waals surface area (Å²) in [7, 11) is 1.65. The third-order valence-corrected chi connectivity index (χ3v) is 4.38. The van der Waals surface area contributed by atoms with E-state index in [4.69, 9.17) is 4.74 Å². The Bertz CT molecular complexity index is 490. The highest BCUT2D eigenvalue weighted by Crippen LogP contribution is 2.15. The minimum atomic E-state index is -0.384. The van der Waals surface area contributed by atoms with Gasteiger partial charge in [0.25, 0.3) is 0 Å². The zero-order chi connectivity index (χ0) is 23.5. The van der Waals surface area contributed by atoms with Crippen LogP contribution >= 0.6 is 12.4 Å². The number of ether oxygens (including phenoxy) is 1. The first-order valence-corrected chi connectivity index (χ1v) is 11.4. The van der Waals surface area contributed by atoms with Crippen LogP contribution in [-0.4, -0.2) is 49.4 Å². The van der Waals surface area contributed by atoms with Crippen LogP contribution in [0.1, 0.15) is 87.0 Å². The van der Waals surface area contributed by atoms with Gasteiger partial charge < -0.3 is 15.0 Å². The van der Waals surface area contributed by atoms with Crippen molar-refractivity contribution in [1.82, 2.24) is 10.2 Å². The van der Waals surface area contributed by atoms with Crippen molar-refractivity contribution in [2.45, 2.75) is 93.0 Å². The van der Waals surface area contributed by atoms with Crippen LogP contribution in [0.3, 0.4) is 0 Å². The quantitative estimate of drug-likeness (QED) is 0.307. The Morgan fingerprint density at radius 1 is 1.00 bits per heavy atom. The number of carbonyl (C=O) groups excluding carboxylic acids is 3. The average Bonchev–Trinajstić information content (AvgIpc) is 2.70. The number of carbonyl (C=O) groups is 3. The molecule has 1 aliphatic rings. The Labute approximate surface area is 197 Å². The summed E-state index contributed by atoms with van der Waals surface area (Å²) in [4.78, 5) is 35.2. The van der Waals surface area contributed by atoms with Crippen molar-refractivity contribution < 1.29 is 19.1 Å². The van der Waals surface area contributed by atoms with Crippen LogP contribution < -0.4 is 5.32 Å². The van der Waals surface area contributed by atoms with Gasteiger partial charge in [0.1, 0.15) is 0 Å². The van der Waals surface area contributed by atoms with Gasteiger partial charge in [0, 0.05) is 12.6 Å². The highest BCUT2D eigenvalue weighted by atomic mass is 35.5. The van der Waals surface area contributed by atoms with Crippen molar-refractivity contribution in [1.29, 1.82) is 0 Å². The third-order valence-electron chi connectivity index (χ3n) is 4.38. The van der Waals surface area contributed by atoms with Gasteiger partial charge in [0.05, 0.1) is 19.2 Å². The molecule has 0 aliphatic heterocycles. The Morgan fingerprint density at radius 3 is 1.74 bits per heavy atom. The lowest BCUT2D eigenvalue weighted by Crippen LogP contribution is -2.43. The van der Waals surface area contributed by atoms with Crippen molar-refractivity contribution in [2.75, 3.05) is 20.2 Å². The number of hydrogen-bond donors (Lipinski definition) is 1. The molecule has 0 saturated heterocycles. The van der Waals surface area contributed by atoms with E-state index in [1.807, 2.05) is 13.8 Å². The molecule has 0 heterocycles. The fourth-order valence-corrected chi connectivity index (χ4v) is 2.80. The van der Waals surface area contributed by atoms with E-state index in [9.17, 15) is 14.4 Å². The molecular weight excluding hydrogens is 416 g/mol. The first-order valence-electron chi connectivity index (χ1n) is 11.4. The van der Waals surface area contributed by atoms with Crippen LogP contribution in [0.2, 0.25) is 0 Å². The molecular formula is C24H47ClN2O4. The molecule has 0 aromatic carbocycles. The van der Waals surface area contributed by atoms with Crippen LogP contribution in [0.25, 0.3) is 0 Å². The summed E-state index contributed by atoms with van der Waals surface area (Å²) in [5, 5.41) is 2.34. The number of esters is 1. The first-order chi connectivity index (χ1) is 14.1. The SMILES string of the molecule is C1CCCCC1.CC(C)C.CCOC(=O)/C(C)=C/C(C(C)C)N(C)C(=O)CNC=O.Cl. The number of halogens is 1. The standard InChI is InChI=1S/C14H24N2O4.C6H12.C4H10.ClH/c1-6-20-14(19)11(4)7-12(10(2)3)16(5)13(18)8-15-9-17;1-2-4-6-5-3-1;1-4(2)3;/h7,9-10,12H,6,8H2,1-5H3,(H,15,17);1-6H2;4H,1-3H3;1H/b11-7+;;;. The summed E-state index contributed by atoms with van der Waals surface area (Å²) < 4.78 is 4.92. The lowest BCUT2D eigenvalue weighted by Gasteiger charge is -2.29. The van der Waals surface area contributed by atoms with Crippen molar-refractivity contribution in [3.05, 3.63) is 11.6 Å². The van der Waals surface area contributed by atoms with Crippen LogP contribution in [0.15, 0.2) is 11.6 Å². The van der Waals surface area contributed by atoms with Gasteiger partial charge in [-0.15, -0.1) is 12.4 Å². The van der Waals surface area contributed by atoms with Crippen LogP contribution in [-0.2, 0) is 19.1 Å². The van der Waals surface area contributed by atoms with E-state index >= 15 is 0 Å². The van der Waals surface area contributed by atoms with Crippen LogP contribution in [0.4, 0.5) is 0 Å². The molecule has 31 heavy (non-hydrogen) atoms. The largest absolute Gasteiger partial charge is 0.463 e. The smallest absolute Gasteiger partial charge is 0.333 e. The number of likely N-dealkylation sites (N-methyl/N-ethyl adjacent to an activating group) is 1. The summed E-state index contributed by atoms with van der Waals surface area (Å²) >= 11 is 0. The van der Waals surface area contributed by atoms with Gasteiger partial charge in [-0.2, -0.15) is 0 Å². The van der Waals surface area contributed by atoms with Crippen molar-refractivity contribution in [3.8, 4) is 0 Å². The molecule has 2 amide bonds. The molecule has 1 saturated carbocycles. The zero-order valence-corrected chi connectivity index (χ0v) is 21.8. The average molecular weight is 463 g/mol. The lowest BCUT2D eigenvalue weighted by atomic mass is 10.00. The second kappa shape index (κ2) is 21.7. The summed E-state index contributed by atoms with van der Waals surface area (Å²) in [6.45, 7) is 14.1. The molecule has 0 bridgehead atoms. The molecule has 1 atom stereocenters. The summed E-state index contributed by atoms with van der Waals surface area (Å²) in [6.07, 6.45) is 11.2. The maximum absolute atomic E-state index is 11.9. The van der Waals surface area contributed by atoms with E-state index in [1.54, 1.807) is 27.0 Å². The predicted octanol–water partition coefficient (Wildman–Crippen LogP) is 5.15. The molecule has 184 valence electrons. The second-order valence-electron chi connectivity index (χ2n) is 8.66. The van der Waals surface area contributed by atoms with E-state index in [0.717, 1.165) is 5.92 Å². The number of nitrogens with one attached hydrogen (secondary N) is 1. The molecule has 1 unspecified atom stereocenters. The minimum Gasteiger partial charge on any atom is -0.463 e. The van der Waals surface area contributed by atoms with Crippen molar-refractivity contribution in [2.24, 2.45) is 11.8 Å². The number of hydrogen-bond acceptors (Lipinski definition) is 4. The fraction of sp³-hybridized carbons (Fsp3) is 0.792. The topological polar surface area (TPSA) is 75.7 Å². The maximum atomic E-state index is 11.9. The summed E-state index contributed by atoms with van der Waals surface area (Å²) in [5.41, 5.74) is 0.466. The summed E-state index contributed by atoms with van der Waals surface area (Å²) in [6, 6.07) is -0.236. The van der Waals surface area contributed by atoms with Gasteiger partial charge in [0.15, 0.2) is 0 Å². The molecule has 6 nitrogen and oxygen atoms in total. The molecule has 7 heteroatoms. The van der Waals surface area contributed by atoms with E-state index < -0.39 is 0 Å². The van der Waals surface area contributed by atoms with Gasteiger partial charge >= 0.3 is 5.97 Å². The third kappa shape index (κ3) is 20.1. The first kappa shape index (κ1) is 34.1. The molecule has 0 aromatic rings. The van der Waals surface area contributed by atoms with E-state index in [2.05, 4.69) is 26.1 Å². The van der Waals surface area contributed by atoms with Crippen molar-refractivity contribution >= 4 is 30.7 Å². The second-order valence-corrected chi connectivity index (χ2v) is 8.66. The number of rotatable bonds is 8. The number of amides is 2. The molecule has 1 aliphatic carbocycles. The minimum absolute atomic E-state index is 0. The Morgan fingerprint density at radius 2 is 1.42 bits per heavy atom. The van der Waals surface area contributed by atoms with Gasteiger partial charge in [-0.3, -0.25) is 9.59 Å². The Kier molecular flexibility index (Phi) is 23.8. The molecule has 1 fully saturated rings. The molecule has 0 aromatic heterocycles. The van der Waals surface area contributed by atoms with Gasteiger partial charge in [0.2, 0.25) is 12.3 Å². The van der Waals surface area contributed by atoms with E-state index in [-0.39, 0.29) is 42.8 Å². The van der Waals surface area contributed by atoms with Gasteiger partial charge in [-0.1, -0.05) is 79.2 Å². The fourth-order valence-electron chi connectivity index (χ4n) is 2.80. The number of nitrogens with zero attached hydrogens (tertiary/aromatic N) is 1. The predicted molar refractivity (Wildman–Crippen MR) is 131 cm³/mol. The lowest BCUT2D eigenvalue weighted by molar-refractivity contribution is -0.138. The van der Waals surface area contributed by atoms with Crippen LogP contribution in [0.5, 0.6) is 0 Å². The highest BCUT2D eigenvalue weighted by molar-refractivity contribution is 5.88.